The third-order valence-corrected chi connectivity index (χ3v) is 6.31. The van der Waals surface area contributed by atoms with E-state index in [-0.39, 0.29) is 30.3 Å². The second kappa shape index (κ2) is 10.8. The average Bonchev–Trinajstić information content (AvgIpc) is 2.89. The minimum atomic E-state index is -0.287. The smallest absolute Gasteiger partial charge is 0.321 e. The Bertz CT molecular complexity index is 1350. The van der Waals surface area contributed by atoms with Gasteiger partial charge in [-0.2, -0.15) is 0 Å². The highest BCUT2D eigenvalue weighted by atomic mass is 35.5. The number of nitrogens with one attached hydrogen (secondary N) is 1. The van der Waals surface area contributed by atoms with Crippen LogP contribution in [0.25, 0.3) is 22.0 Å². The number of piperazine rings is 1. The van der Waals surface area contributed by atoms with E-state index in [4.69, 9.17) is 4.74 Å². The van der Waals surface area contributed by atoms with Crippen LogP contribution < -0.4 is 15.0 Å². The molecule has 1 saturated heterocycles. The molecular weight excluding hydrogens is 481 g/mol. The van der Waals surface area contributed by atoms with Crippen molar-refractivity contribution in [1.82, 2.24) is 15.1 Å². The molecule has 5 rings (SSSR count). The first-order valence-electron chi connectivity index (χ1n) is 11.5. The van der Waals surface area contributed by atoms with Crippen LogP contribution in [0.15, 0.2) is 72.8 Å². The van der Waals surface area contributed by atoms with Gasteiger partial charge in [0.15, 0.2) is 5.82 Å². The van der Waals surface area contributed by atoms with Crippen molar-refractivity contribution >= 4 is 40.7 Å². The van der Waals surface area contributed by atoms with Gasteiger partial charge in [0.05, 0.1) is 7.11 Å². The summed E-state index contributed by atoms with van der Waals surface area (Å²) in [7, 11) is 1.61. The molecule has 1 atom stereocenters. The summed E-state index contributed by atoms with van der Waals surface area (Å²) < 4.78 is 18.6. The number of urea groups is 1. The lowest BCUT2D eigenvalue weighted by atomic mass is 10.0. The number of carbonyl (C=O) groups excluding carboxylic acids is 1. The Labute approximate surface area is 215 Å². The molecule has 2 amide bonds. The number of hydrogen-bond acceptors (Lipinski definition) is 5. The first-order valence-corrected chi connectivity index (χ1v) is 11.5. The zero-order valence-corrected chi connectivity index (χ0v) is 20.8. The Kier molecular flexibility index (Phi) is 7.55. The standard InChI is InChI=1S/C27H26FN5O2.ClH/c1-18-17-32(27(34)29-21-11-13-22(35-2)14-12-21)15-16-33(18)26-24-6-4-3-5-23(24)25(30-31-26)19-7-9-20(28)10-8-19;/h3-14,18H,15-17H2,1-2H3,(H,29,34);1H. The maximum atomic E-state index is 13.4. The topological polar surface area (TPSA) is 70.6 Å². The fraction of sp³-hybridized carbons (Fsp3) is 0.222. The Balaban J connectivity index is 0.00000304. The zero-order valence-electron chi connectivity index (χ0n) is 20.0. The molecule has 0 radical (unpaired) electrons. The number of carbonyl (C=O) groups is 1. The molecule has 0 saturated carbocycles. The highest BCUT2D eigenvalue weighted by molar-refractivity contribution is 6.00. The fourth-order valence-electron chi connectivity index (χ4n) is 4.46. The van der Waals surface area contributed by atoms with Gasteiger partial charge in [-0.05, 0) is 55.5 Å². The van der Waals surface area contributed by atoms with E-state index >= 15 is 0 Å². The molecule has 3 aromatic carbocycles. The summed E-state index contributed by atoms with van der Waals surface area (Å²) in [4.78, 5) is 16.9. The summed E-state index contributed by atoms with van der Waals surface area (Å²) in [6.45, 7) is 3.82. The largest absolute Gasteiger partial charge is 0.497 e. The second-order valence-electron chi connectivity index (χ2n) is 8.57. The van der Waals surface area contributed by atoms with E-state index in [0.717, 1.165) is 39.3 Å². The number of ether oxygens (including phenoxy) is 1. The molecular formula is C27H27ClFN5O2. The number of rotatable bonds is 4. The minimum Gasteiger partial charge on any atom is -0.497 e. The third kappa shape index (κ3) is 5.04. The van der Waals surface area contributed by atoms with E-state index in [1.54, 1.807) is 19.2 Å². The van der Waals surface area contributed by atoms with Gasteiger partial charge in [-0.1, -0.05) is 24.3 Å². The Morgan fingerprint density at radius 2 is 1.67 bits per heavy atom. The number of anilines is 2. The molecule has 1 aliphatic heterocycles. The van der Waals surface area contributed by atoms with Crippen LogP contribution in [0.2, 0.25) is 0 Å². The number of aromatic nitrogens is 2. The Morgan fingerprint density at radius 3 is 2.33 bits per heavy atom. The molecule has 0 aliphatic carbocycles. The maximum Gasteiger partial charge on any atom is 0.321 e. The number of methoxy groups -OCH3 is 1. The van der Waals surface area contributed by atoms with Crippen LogP contribution in [0.4, 0.5) is 20.7 Å². The normalized spacial score (nSPS) is 15.4. The quantitative estimate of drug-likeness (QED) is 0.389. The summed E-state index contributed by atoms with van der Waals surface area (Å²) in [6.07, 6.45) is 0. The van der Waals surface area contributed by atoms with Crippen LogP contribution >= 0.6 is 12.4 Å². The molecule has 1 aromatic heterocycles. The number of amides is 2. The van der Waals surface area contributed by atoms with Crippen LogP contribution in [-0.2, 0) is 0 Å². The molecule has 1 fully saturated rings. The molecule has 186 valence electrons. The average molecular weight is 508 g/mol. The summed E-state index contributed by atoms with van der Waals surface area (Å²) >= 11 is 0. The molecule has 0 bridgehead atoms. The Hall–Kier alpha value is -3.91. The van der Waals surface area contributed by atoms with Crippen molar-refractivity contribution in [2.45, 2.75) is 13.0 Å². The first kappa shape index (κ1) is 25.2. The van der Waals surface area contributed by atoms with Gasteiger partial charge in [0.1, 0.15) is 17.3 Å². The van der Waals surface area contributed by atoms with Crippen LogP contribution in [0.5, 0.6) is 5.75 Å². The minimum absolute atomic E-state index is 0. The molecule has 2 heterocycles. The SMILES string of the molecule is COc1ccc(NC(=O)N2CCN(c3nnc(-c4ccc(F)cc4)c4ccccc34)C(C)C2)cc1.Cl. The third-order valence-electron chi connectivity index (χ3n) is 6.31. The van der Waals surface area contributed by atoms with Gasteiger partial charge in [-0.25, -0.2) is 9.18 Å². The van der Waals surface area contributed by atoms with Crippen LogP contribution in [0.3, 0.4) is 0 Å². The van der Waals surface area contributed by atoms with Gasteiger partial charge >= 0.3 is 6.03 Å². The van der Waals surface area contributed by atoms with Crippen molar-refractivity contribution in [2.24, 2.45) is 0 Å². The molecule has 4 aromatic rings. The predicted molar refractivity (Wildman–Crippen MR) is 143 cm³/mol. The van der Waals surface area contributed by atoms with Crippen molar-refractivity contribution in [1.29, 1.82) is 0 Å². The van der Waals surface area contributed by atoms with Crippen molar-refractivity contribution < 1.29 is 13.9 Å². The fourth-order valence-corrected chi connectivity index (χ4v) is 4.46. The highest BCUT2D eigenvalue weighted by Crippen LogP contribution is 2.33. The van der Waals surface area contributed by atoms with Crippen molar-refractivity contribution in [3.8, 4) is 17.0 Å². The molecule has 0 spiro atoms. The van der Waals surface area contributed by atoms with Crippen LogP contribution in [-0.4, -0.2) is 53.9 Å². The second-order valence-corrected chi connectivity index (χ2v) is 8.57. The van der Waals surface area contributed by atoms with Crippen molar-refractivity contribution in [3.63, 3.8) is 0 Å². The van der Waals surface area contributed by atoms with E-state index in [1.807, 2.05) is 53.4 Å². The van der Waals surface area contributed by atoms with E-state index in [0.29, 0.717) is 19.6 Å². The summed E-state index contributed by atoms with van der Waals surface area (Å²) in [5, 5.41) is 14.0. The Morgan fingerprint density at radius 1 is 0.972 bits per heavy atom. The summed E-state index contributed by atoms with van der Waals surface area (Å²) in [5.74, 6) is 1.24. The number of benzene rings is 3. The van der Waals surface area contributed by atoms with E-state index in [9.17, 15) is 9.18 Å². The van der Waals surface area contributed by atoms with Crippen molar-refractivity contribution in [2.75, 3.05) is 37.0 Å². The van der Waals surface area contributed by atoms with Gasteiger partial charge in [-0.3, -0.25) is 0 Å². The molecule has 1 unspecified atom stereocenters. The molecule has 36 heavy (non-hydrogen) atoms. The lowest BCUT2D eigenvalue weighted by Crippen LogP contribution is -2.55. The van der Waals surface area contributed by atoms with E-state index in [1.165, 1.54) is 12.1 Å². The lowest BCUT2D eigenvalue weighted by molar-refractivity contribution is 0.200. The lowest BCUT2D eigenvalue weighted by Gasteiger charge is -2.40. The molecule has 1 N–H and O–H groups in total. The number of nitrogens with zero attached hydrogens (tertiary/aromatic N) is 4. The molecule has 1 aliphatic rings. The van der Waals surface area contributed by atoms with Crippen LogP contribution in [0.1, 0.15) is 6.92 Å². The summed E-state index contributed by atoms with van der Waals surface area (Å²) in [6, 6.07) is 21.4. The van der Waals surface area contributed by atoms with E-state index in [2.05, 4.69) is 27.3 Å². The van der Waals surface area contributed by atoms with Gasteiger partial charge in [0, 0.05) is 47.7 Å². The first-order chi connectivity index (χ1) is 17.0. The number of hydrogen-bond donors (Lipinski definition) is 1. The zero-order chi connectivity index (χ0) is 24.4. The van der Waals surface area contributed by atoms with E-state index < -0.39 is 0 Å². The van der Waals surface area contributed by atoms with Gasteiger partial charge in [0.2, 0.25) is 0 Å². The van der Waals surface area contributed by atoms with Crippen molar-refractivity contribution in [3.05, 3.63) is 78.6 Å². The van der Waals surface area contributed by atoms with Crippen LogP contribution in [0, 0.1) is 5.82 Å². The van der Waals surface area contributed by atoms with Gasteiger partial charge < -0.3 is 19.9 Å². The summed E-state index contributed by atoms with van der Waals surface area (Å²) in [5.41, 5.74) is 2.25. The number of halogens is 2. The predicted octanol–water partition coefficient (Wildman–Crippen LogP) is 5.61. The van der Waals surface area contributed by atoms with Gasteiger partial charge in [0.25, 0.3) is 0 Å². The maximum absolute atomic E-state index is 13.4. The monoisotopic (exact) mass is 507 g/mol. The van der Waals surface area contributed by atoms with Gasteiger partial charge in [-0.15, -0.1) is 22.6 Å². The molecule has 7 nitrogen and oxygen atoms in total. The molecule has 9 heteroatoms. The number of fused-ring (bicyclic) bond motifs is 1. The highest BCUT2D eigenvalue weighted by Gasteiger charge is 2.29.